The molecule has 0 N–H and O–H groups in total. The highest BCUT2D eigenvalue weighted by Gasteiger charge is 2.03. The predicted molar refractivity (Wildman–Crippen MR) is 69.0 cm³/mol. The van der Waals surface area contributed by atoms with Gasteiger partial charge in [0.25, 0.3) is 0 Å². The van der Waals surface area contributed by atoms with Gasteiger partial charge in [0, 0.05) is 11.8 Å². The zero-order valence-corrected chi connectivity index (χ0v) is 10.5. The van der Waals surface area contributed by atoms with E-state index in [4.69, 9.17) is 21.1 Å². The standard InChI is InChI=1S/C13H13ClN2O2/c14-8-11-9-15-10-16-13(11)18-7-6-17-12-4-2-1-3-5-12/h1-5,9-10H,6-8H2. The van der Waals surface area contributed by atoms with E-state index in [-0.39, 0.29) is 0 Å². The average Bonchev–Trinajstić information content (AvgIpc) is 2.45. The van der Waals surface area contributed by atoms with Gasteiger partial charge in [0.05, 0.1) is 5.88 Å². The van der Waals surface area contributed by atoms with Crippen LogP contribution in [0.3, 0.4) is 0 Å². The number of nitrogens with zero attached hydrogens (tertiary/aromatic N) is 2. The minimum absolute atomic E-state index is 0.329. The normalized spacial score (nSPS) is 10.1. The molecule has 0 aliphatic carbocycles. The number of benzene rings is 1. The first-order chi connectivity index (χ1) is 8.90. The number of rotatable bonds is 6. The highest BCUT2D eigenvalue weighted by Crippen LogP contribution is 2.15. The van der Waals surface area contributed by atoms with E-state index in [0.29, 0.717) is 25.0 Å². The van der Waals surface area contributed by atoms with Crippen LogP contribution >= 0.6 is 11.6 Å². The van der Waals surface area contributed by atoms with E-state index >= 15 is 0 Å². The predicted octanol–water partition coefficient (Wildman–Crippen LogP) is 2.67. The van der Waals surface area contributed by atoms with E-state index in [9.17, 15) is 0 Å². The highest BCUT2D eigenvalue weighted by atomic mass is 35.5. The summed E-state index contributed by atoms with van der Waals surface area (Å²) in [7, 11) is 0. The molecule has 0 saturated heterocycles. The molecule has 0 aliphatic rings. The van der Waals surface area contributed by atoms with Gasteiger partial charge in [-0.2, -0.15) is 0 Å². The molecule has 1 aromatic carbocycles. The zero-order valence-electron chi connectivity index (χ0n) is 9.75. The molecule has 0 unspecified atom stereocenters. The third-order valence-electron chi connectivity index (χ3n) is 2.22. The van der Waals surface area contributed by atoms with Gasteiger partial charge < -0.3 is 9.47 Å². The van der Waals surface area contributed by atoms with E-state index in [1.54, 1.807) is 6.20 Å². The summed E-state index contributed by atoms with van der Waals surface area (Å²) in [6.07, 6.45) is 3.08. The van der Waals surface area contributed by atoms with Crippen LogP contribution in [0.2, 0.25) is 0 Å². The summed E-state index contributed by atoms with van der Waals surface area (Å²) in [6.45, 7) is 0.867. The Balaban J connectivity index is 1.78. The maximum atomic E-state index is 5.75. The van der Waals surface area contributed by atoms with Crippen molar-refractivity contribution in [2.75, 3.05) is 13.2 Å². The van der Waals surface area contributed by atoms with Crippen LogP contribution in [0.25, 0.3) is 0 Å². The molecule has 5 heteroatoms. The van der Waals surface area contributed by atoms with Crippen molar-refractivity contribution in [3.63, 3.8) is 0 Å². The second-order valence-electron chi connectivity index (χ2n) is 3.50. The Morgan fingerprint density at radius 3 is 2.61 bits per heavy atom. The van der Waals surface area contributed by atoms with Crippen molar-refractivity contribution in [3.05, 3.63) is 48.4 Å². The second kappa shape index (κ2) is 6.81. The molecule has 0 bridgehead atoms. The fraction of sp³-hybridized carbons (Fsp3) is 0.231. The number of ether oxygens (including phenoxy) is 2. The van der Waals surface area contributed by atoms with Gasteiger partial charge in [0.1, 0.15) is 25.3 Å². The molecule has 0 fully saturated rings. The highest BCUT2D eigenvalue weighted by molar-refractivity contribution is 6.17. The van der Waals surface area contributed by atoms with Gasteiger partial charge in [-0.1, -0.05) is 18.2 Å². The van der Waals surface area contributed by atoms with Gasteiger partial charge in [-0.15, -0.1) is 11.6 Å². The summed E-state index contributed by atoms with van der Waals surface area (Å²) in [4.78, 5) is 7.91. The number of hydrogen-bond acceptors (Lipinski definition) is 4. The van der Waals surface area contributed by atoms with E-state index in [1.807, 2.05) is 30.3 Å². The lowest BCUT2D eigenvalue weighted by Crippen LogP contribution is -2.10. The molecule has 0 atom stereocenters. The number of hydrogen-bond donors (Lipinski definition) is 0. The van der Waals surface area contributed by atoms with Gasteiger partial charge in [-0.25, -0.2) is 9.97 Å². The van der Waals surface area contributed by atoms with Gasteiger partial charge in [0.2, 0.25) is 5.88 Å². The number of para-hydroxylation sites is 1. The summed E-state index contributed by atoms with van der Waals surface area (Å²) in [5.74, 6) is 1.66. The Morgan fingerprint density at radius 2 is 1.83 bits per heavy atom. The molecule has 1 heterocycles. The van der Waals surface area contributed by atoms with Crippen molar-refractivity contribution in [2.45, 2.75) is 5.88 Å². The molecule has 2 aromatic rings. The first-order valence-electron chi connectivity index (χ1n) is 5.55. The van der Waals surface area contributed by atoms with Crippen molar-refractivity contribution >= 4 is 11.6 Å². The Hall–Kier alpha value is -1.81. The summed E-state index contributed by atoms with van der Waals surface area (Å²) < 4.78 is 11.0. The molecular weight excluding hydrogens is 252 g/mol. The Kier molecular flexibility index (Phi) is 4.78. The molecule has 0 amide bonds. The third kappa shape index (κ3) is 3.60. The van der Waals surface area contributed by atoms with Gasteiger partial charge in [-0.3, -0.25) is 0 Å². The summed E-state index contributed by atoms with van der Waals surface area (Å²) >= 11 is 5.75. The topological polar surface area (TPSA) is 44.2 Å². The van der Waals surface area contributed by atoms with Gasteiger partial charge in [0.15, 0.2) is 0 Å². The van der Waals surface area contributed by atoms with Gasteiger partial charge in [-0.05, 0) is 12.1 Å². The zero-order chi connectivity index (χ0) is 12.6. The lowest BCUT2D eigenvalue weighted by molar-refractivity contribution is 0.210. The van der Waals surface area contributed by atoms with Crippen LogP contribution in [0.4, 0.5) is 0 Å². The van der Waals surface area contributed by atoms with Crippen molar-refractivity contribution in [1.29, 1.82) is 0 Å². The average molecular weight is 265 g/mol. The minimum Gasteiger partial charge on any atom is -0.490 e. The molecule has 94 valence electrons. The maximum absolute atomic E-state index is 5.75. The van der Waals surface area contributed by atoms with Crippen LogP contribution in [0.15, 0.2) is 42.9 Å². The molecule has 18 heavy (non-hydrogen) atoms. The van der Waals surface area contributed by atoms with Crippen LogP contribution in [0, 0.1) is 0 Å². The van der Waals surface area contributed by atoms with Crippen molar-refractivity contribution in [3.8, 4) is 11.6 Å². The SMILES string of the molecule is ClCc1cncnc1OCCOc1ccccc1. The van der Waals surface area contributed by atoms with E-state index in [0.717, 1.165) is 11.3 Å². The molecular formula is C13H13ClN2O2. The first kappa shape index (κ1) is 12.6. The molecule has 4 nitrogen and oxygen atoms in total. The monoisotopic (exact) mass is 264 g/mol. The quantitative estimate of drug-likeness (QED) is 0.594. The fourth-order valence-corrected chi connectivity index (χ4v) is 1.57. The van der Waals surface area contributed by atoms with Crippen LogP contribution in [-0.4, -0.2) is 23.2 Å². The molecule has 1 aromatic heterocycles. The summed E-state index contributed by atoms with van der Waals surface area (Å²) in [5.41, 5.74) is 0.777. The Bertz CT molecular complexity index is 479. The number of halogens is 1. The van der Waals surface area contributed by atoms with Crippen LogP contribution in [0.1, 0.15) is 5.56 Å². The molecule has 0 radical (unpaired) electrons. The molecule has 0 saturated carbocycles. The lowest BCUT2D eigenvalue weighted by Gasteiger charge is -2.09. The third-order valence-corrected chi connectivity index (χ3v) is 2.51. The Morgan fingerprint density at radius 1 is 1.06 bits per heavy atom. The largest absolute Gasteiger partial charge is 0.490 e. The van der Waals surface area contributed by atoms with Crippen molar-refractivity contribution in [2.24, 2.45) is 0 Å². The first-order valence-corrected chi connectivity index (χ1v) is 6.09. The van der Waals surface area contributed by atoms with Crippen molar-refractivity contribution < 1.29 is 9.47 Å². The number of alkyl halides is 1. The maximum Gasteiger partial charge on any atom is 0.220 e. The second-order valence-corrected chi connectivity index (χ2v) is 3.76. The minimum atomic E-state index is 0.329. The molecule has 0 aliphatic heterocycles. The molecule has 2 rings (SSSR count). The fourth-order valence-electron chi connectivity index (χ4n) is 1.38. The Labute approximate surface area is 111 Å². The van der Waals surface area contributed by atoms with Crippen LogP contribution in [-0.2, 0) is 5.88 Å². The summed E-state index contributed by atoms with van der Waals surface area (Å²) in [6, 6.07) is 9.58. The smallest absolute Gasteiger partial charge is 0.220 e. The van der Waals surface area contributed by atoms with E-state index in [1.165, 1.54) is 6.33 Å². The van der Waals surface area contributed by atoms with Crippen LogP contribution in [0.5, 0.6) is 11.6 Å². The van der Waals surface area contributed by atoms with E-state index in [2.05, 4.69) is 9.97 Å². The number of aromatic nitrogens is 2. The molecule has 0 spiro atoms. The lowest BCUT2D eigenvalue weighted by atomic mass is 10.3. The van der Waals surface area contributed by atoms with Crippen molar-refractivity contribution in [1.82, 2.24) is 9.97 Å². The van der Waals surface area contributed by atoms with E-state index < -0.39 is 0 Å². The summed E-state index contributed by atoms with van der Waals surface area (Å²) in [5, 5.41) is 0. The van der Waals surface area contributed by atoms with Gasteiger partial charge >= 0.3 is 0 Å². The van der Waals surface area contributed by atoms with Crippen LogP contribution < -0.4 is 9.47 Å².